The highest BCUT2D eigenvalue weighted by molar-refractivity contribution is 7.99. The third-order valence-corrected chi connectivity index (χ3v) is 6.94. The molecule has 2 N–H and O–H groups in total. The summed E-state index contributed by atoms with van der Waals surface area (Å²) in [4.78, 5) is 16.2. The van der Waals surface area contributed by atoms with Crippen LogP contribution in [0.3, 0.4) is 0 Å². The number of amides is 1. The Hall–Kier alpha value is -2.48. The summed E-state index contributed by atoms with van der Waals surface area (Å²) in [6, 6.07) is 9.57. The molecule has 33 heavy (non-hydrogen) atoms. The van der Waals surface area contributed by atoms with E-state index in [0.29, 0.717) is 30.2 Å². The van der Waals surface area contributed by atoms with Crippen LogP contribution in [0.25, 0.3) is 0 Å². The molecule has 0 saturated carbocycles. The number of allylic oxidation sites excluding steroid dienone is 4. The van der Waals surface area contributed by atoms with E-state index < -0.39 is 12.1 Å². The number of hydrogen-bond donors (Lipinski definition) is 2. The minimum atomic E-state index is -1.00. The molecule has 176 valence electrons. The van der Waals surface area contributed by atoms with Crippen molar-refractivity contribution >= 4 is 17.7 Å². The van der Waals surface area contributed by atoms with Gasteiger partial charge in [0.2, 0.25) is 5.91 Å². The van der Waals surface area contributed by atoms with Gasteiger partial charge in [-0.15, -0.1) is 11.8 Å². The van der Waals surface area contributed by atoms with Gasteiger partial charge in [0.15, 0.2) is 11.5 Å². The van der Waals surface area contributed by atoms with E-state index in [-0.39, 0.29) is 5.91 Å². The lowest BCUT2D eigenvalue weighted by Gasteiger charge is -2.30. The lowest BCUT2D eigenvalue weighted by Crippen LogP contribution is -2.51. The third-order valence-electron chi connectivity index (χ3n) is 5.93. The van der Waals surface area contributed by atoms with Gasteiger partial charge in [0.25, 0.3) is 0 Å². The van der Waals surface area contributed by atoms with Gasteiger partial charge in [-0.1, -0.05) is 36.4 Å². The van der Waals surface area contributed by atoms with Crippen molar-refractivity contribution in [3.8, 4) is 0 Å². The molecule has 2 atom stereocenters. The summed E-state index contributed by atoms with van der Waals surface area (Å²) in [6.45, 7) is 2.53. The first-order valence-electron chi connectivity index (χ1n) is 11.7. The molecule has 0 radical (unpaired) electrons. The first-order chi connectivity index (χ1) is 16.2. The number of thioether (sulfide) groups is 1. The maximum Gasteiger partial charge on any atom is 0.221 e. The number of hydrogen-bond acceptors (Lipinski definition) is 6. The number of likely N-dealkylation sites (tertiary alicyclic amines) is 1. The van der Waals surface area contributed by atoms with E-state index >= 15 is 0 Å². The molecule has 4 rings (SSSR count). The number of aliphatic hydroxyl groups excluding tert-OH is 1. The van der Waals surface area contributed by atoms with Crippen LogP contribution in [-0.2, 0) is 14.3 Å². The number of nitrogens with zero attached hydrogens (tertiary/aromatic N) is 1. The lowest BCUT2D eigenvalue weighted by molar-refractivity contribution is -0.122. The highest BCUT2D eigenvalue weighted by Gasteiger charge is 2.31. The van der Waals surface area contributed by atoms with Crippen LogP contribution >= 0.6 is 11.8 Å². The van der Waals surface area contributed by atoms with Crippen LogP contribution in [0, 0.1) is 0 Å². The Morgan fingerprint density at radius 3 is 2.76 bits per heavy atom. The topological polar surface area (TPSA) is 71.0 Å². The maximum atomic E-state index is 12.7. The van der Waals surface area contributed by atoms with Gasteiger partial charge >= 0.3 is 0 Å². The first kappa shape index (κ1) is 23.7. The van der Waals surface area contributed by atoms with Crippen molar-refractivity contribution in [3.05, 3.63) is 78.2 Å². The minimum Gasteiger partial charge on any atom is -0.465 e. The van der Waals surface area contributed by atoms with Crippen molar-refractivity contribution in [3.63, 3.8) is 0 Å². The third kappa shape index (κ3) is 7.00. The van der Waals surface area contributed by atoms with Gasteiger partial charge in [-0.25, -0.2) is 0 Å². The van der Waals surface area contributed by atoms with Gasteiger partial charge in [0.1, 0.15) is 18.6 Å². The molecule has 1 saturated heterocycles. The lowest BCUT2D eigenvalue weighted by atomic mass is 10.0. The minimum absolute atomic E-state index is 0.0742. The summed E-state index contributed by atoms with van der Waals surface area (Å²) >= 11 is 1.65. The van der Waals surface area contributed by atoms with Crippen LogP contribution in [0.5, 0.6) is 0 Å². The van der Waals surface area contributed by atoms with Crippen LogP contribution in [0.2, 0.25) is 0 Å². The van der Waals surface area contributed by atoms with Gasteiger partial charge in [-0.05, 0) is 56.5 Å². The molecular weight excluding hydrogens is 436 g/mol. The first-order valence-corrected chi connectivity index (χ1v) is 12.6. The van der Waals surface area contributed by atoms with Crippen molar-refractivity contribution < 1.29 is 19.4 Å². The van der Waals surface area contributed by atoms with E-state index in [4.69, 9.17) is 9.47 Å². The molecule has 7 heteroatoms. The van der Waals surface area contributed by atoms with Crippen molar-refractivity contribution in [2.24, 2.45) is 0 Å². The number of rotatable bonds is 10. The standard InChI is InChI=1S/C26H32N2O4S/c29-25(13-16-33-21-11-5-2-6-12-21)27-22(17-28-14-7-8-15-28)26(30)24-19-31-18-23(32-24)20-9-3-1-4-10-20/h1-3,5-6,9,11-12,18-19,22,26,30H,4,7-8,10,13-17H2,(H,27,29)/t22-,26-/m1/s1. The summed E-state index contributed by atoms with van der Waals surface area (Å²) in [6.07, 6.45) is 12.6. The van der Waals surface area contributed by atoms with E-state index in [1.807, 2.05) is 42.5 Å². The Labute approximate surface area is 200 Å². The van der Waals surface area contributed by atoms with Crippen LogP contribution in [0.4, 0.5) is 0 Å². The molecular formula is C26H32N2O4S. The van der Waals surface area contributed by atoms with Gasteiger partial charge in [-0.3, -0.25) is 4.79 Å². The van der Waals surface area contributed by atoms with Crippen LogP contribution < -0.4 is 5.32 Å². The summed E-state index contributed by atoms with van der Waals surface area (Å²) in [5.41, 5.74) is 1.04. The van der Waals surface area contributed by atoms with Gasteiger partial charge < -0.3 is 24.8 Å². The fourth-order valence-electron chi connectivity index (χ4n) is 4.14. The molecule has 2 heterocycles. The van der Waals surface area contributed by atoms with Gasteiger partial charge in [-0.2, -0.15) is 0 Å². The molecule has 1 aliphatic carbocycles. The number of ether oxygens (including phenoxy) is 2. The van der Waals surface area contributed by atoms with Gasteiger partial charge in [0, 0.05) is 23.6 Å². The highest BCUT2D eigenvalue weighted by atomic mass is 32.2. The second-order valence-corrected chi connectivity index (χ2v) is 9.61. The molecule has 0 bridgehead atoms. The molecule has 1 aromatic carbocycles. The number of benzene rings is 1. The molecule has 3 aliphatic rings. The summed E-state index contributed by atoms with van der Waals surface area (Å²) < 4.78 is 11.5. The maximum absolute atomic E-state index is 12.7. The van der Waals surface area contributed by atoms with Crippen molar-refractivity contribution in [2.75, 3.05) is 25.4 Å². The molecule has 0 aromatic heterocycles. The molecule has 1 fully saturated rings. The van der Waals surface area contributed by atoms with E-state index in [1.54, 1.807) is 18.0 Å². The summed E-state index contributed by atoms with van der Waals surface area (Å²) in [5, 5.41) is 14.2. The molecule has 1 aromatic rings. The average Bonchev–Trinajstić information content (AvgIpc) is 3.38. The quantitative estimate of drug-likeness (QED) is 0.504. The highest BCUT2D eigenvalue weighted by Crippen LogP contribution is 2.28. The Balaban J connectivity index is 1.35. The van der Waals surface area contributed by atoms with Crippen molar-refractivity contribution in [2.45, 2.75) is 49.1 Å². The SMILES string of the molecule is O=C(CCSc1ccccc1)N[C@H](CN1CCCC1)[C@@H](O)C1=COC=C(C2=CC=CCC2)O1. The fourth-order valence-corrected chi connectivity index (χ4v) is 5.01. The largest absolute Gasteiger partial charge is 0.465 e. The zero-order valence-electron chi connectivity index (χ0n) is 18.8. The molecule has 2 aliphatic heterocycles. The zero-order valence-corrected chi connectivity index (χ0v) is 19.6. The molecule has 0 spiro atoms. The zero-order chi connectivity index (χ0) is 22.9. The normalized spacial score (nSPS) is 20.1. The monoisotopic (exact) mass is 468 g/mol. The fraction of sp³-hybridized carbons (Fsp3) is 0.423. The predicted octanol–water partition coefficient (Wildman–Crippen LogP) is 4.12. The van der Waals surface area contributed by atoms with Gasteiger partial charge in [0.05, 0.1) is 6.04 Å². The van der Waals surface area contributed by atoms with Crippen molar-refractivity contribution in [1.29, 1.82) is 0 Å². The van der Waals surface area contributed by atoms with E-state index in [0.717, 1.165) is 49.2 Å². The Morgan fingerprint density at radius 1 is 1.18 bits per heavy atom. The van der Waals surface area contributed by atoms with Crippen LogP contribution in [0.1, 0.15) is 32.1 Å². The molecule has 1 amide bonds. The van der Waals surface area contributed by atoms with E-state index in [9.17, 15) is 9.90 Å². The van der Waals surface area contributed by atoms with Crippen LogP contribution in [-0.4, -0.2) is 53.4 Å². The Bertz CT molecular complexity index is 919. The smallest absolute Gasteiger partial charge is 0.221 e. The van der Waals surface area contributed by atoms with E-state index in [1.165, 1.54) is 6.26 Å². The molecule has 6 nitrogen and oxygen atoms in total. The number of carbonyl (C=O) groups is 1. The predicted molar refractivity (Wildman–Crippen MR) is 130 cm³/mol. The molecule has 0 unspecified atom stereocenters. The second kappa shape index (κ2) is 12.1. The number of aliphatic hydroxyl groups is 1. The second-order valence-electron chi connectivity index (χ2n) is 8.44. The summed E-state index contributed by atoms with van der Waals surface area (Å²) in [7, 11) is 0. The average molecular weight is 469 g/mol. The van der Waals surface area contributed by atoms with Crippen LogP contribution in [0.15, 0.2) is 83.1 Å². The van der Waals surface area contributed by atoms with E-state index in [2.05, 4.69) is 16.3 Å². The Morgan fingerprint density at radius 2 is 2.00 bits per heavy atom. The Kier molecular flexibility index (Phi) is 8.69. The number of nitrogens with one attached hydrogen (secondary N) is 1. The summed E-state index contributed by atoms with van der Waals surface area (Å²) in [5.74, 6) is 1.54. The van der Waals surface area contributed by atoms with Crippen molar-refractivity contribution in [1.82, 2.24) is 10.2 Å². The number of carbonyl (C=O) groups excluding carboxylic acids is 1.